The van der Waals surface area contributed by atoms with Crippen LogP contribution in [-0.4, -0.2) is 51.7 Å². The summed E-state index contributed by atoms with van der Waals surface area (Å²) in [6.07, 6.45) is 4.52. The number of ether oxygens (including phenoxy) is 2. The highest BCUT2D eigenvalue weighted by Crippen LogP contribution is 2.32. The molecule has 2 aromatic carbocycles. The van der Waals surface area contributed by atoms with Gasteiger partial charge in [-0.15, -0.1) is 6.42 Å². The first-order chi connectivity index (χ1) is 15.9. The summed E-state index contributed by atoms with van der Waals surface area (Å²) in [5.74, 6) is 3.13. The van der Waals surface area contributed by atoms with E-state index < -0.39 is 6.10 Å². The smallest absolute Gasteiger partial charge is 0.227 e. The number of para-hydroxylation sites is 1. The summed E-state index contributed by atoms with van der Waals surface area (Å²) in [4.78, 5) is 2.13. The molecule has 0 saturated heterocycles. The molecule has 1 aromatic heterocycles. The predicted molar refractivity (Wildman–Crippen MR) is 126 cm³/mol. The van der Waals surface area contributed by atoms with Crippen molar-refractivity contribution in [3.8, 4) is 29.7 Å². The fraction of sp³-hybridized carbons (Fsp3) is 0.346. The quantitative estimate of drug-likeness (QED) is 0.347. The Kier molecular flexibility index (Phi) is 8.61. The van der Waals surface area contributed by atoms with Gasteiger partial charge in [-0.05, 0) is 57.2 Å². The normalized spacial score (nSPS) is 12.2. The van der Waals surface area contributed by atoms with Crippen molar-refractivity contribution in [2.75, 3.05) is 19.8 Å². The van der Waals surface area contributed by atoms with Gasteiger partial charge in [0, 0.05) is 19.1 Å². The molecule has 3 rings (SSSR count). The van der Waals surface area contributed by atoms with Gasteiger partial charge in [-0.3, -0.25) is 4.90 Å². The molecule has 0 saturated carbocycles. The summed E-state index contributed by atoms with van der Waals surface area (Å²) in [5, 5.41) is 15.2. The maximum Gasteiger partial charge on any atom is 0.227 e. The standard InChI is InChI=1S/C26H30FN3O3/c1-5-15-32-18-23(31)16-29(19(2)3)17-25-20(4)28-30(22-9-7-6-8-10-22)26(25)33-24-13-11-21(27)12-14-24/h1,6-14,19,23,31H,15-18H2,2-4H3/t23-/m0/s1. The molecule has 0 aliphatic rings. The lowest BCUT2D eigenvalue weighted by atomic mass is 10.2. The molecule has 7 heteroatoms. The van der Waals surface area contributed by atoms with Crippen LogP contribution in [0.4, 0.5) is 4.39 Å². The lowest BCUT2D eigenvalue weighted by Gasteiger charge is -2.28. The number of aryl methyl sites for hydroxylation is 1. The summed E-state index contributed by atoms with van der Waals surface area (Å²) in [7, 11) is 0. The first kappa shape index (κ1) is 24.5. The molecule has 0 fully saturated rings. The van der Waals surface area contributed by atoms with Crippen molar-refractivity contribution in [2.24, 2.45) is 0 Å². The van der Waals surface area contributed by atoms with Gasteiger partial charge in [-0.2, -0.15) is 5.10 Å². The van der Waals surface area contributed by atoms with Crippen LogP contribution in [0.5, 0.6) is 11.6 Å². The van der Waals surface area contributed by atoms with E-state index in [1.807, 2.05) is 37.3 Å². The zero-order chi connectivity index (χ0) is 23.8. The van der Waals surface area contributed by atoms with Crippen molar-refractivity contribution in [2.45, 2.75) is 39.5 Å². The van der Waals surface area contributed by atoms with Crippen LogP contribution in [0, 0.1) is 25.1 Å². The zero-order valence-electron chi connectivity index (χ0n) is 19.2. The second-order valence-electron chi connectivity index (χ2n) is 8.07. The highest BCUT2D eigenvalue weighted by Gasteiger charge is 2.24. The fourth-order valence-electron chi connectivity index (χ4n) is 3.42. The van der Waals surface area contributed by atoms with Crippen molar-refractivity contribution in [3.63, 3.8) is 0 Å². The van der Waals surface area contributed by atoms with E-state index >= 15 is 0 Å². The van der Waals surface area contributed by atoms with E-state index in [-0.39, 0.29) is 25.1 Å². The van der Waals surface area contributed by atoms with E-state index in [0.717, 1.165) is 16.9 Å². The van der Waals surface area contributed by atoms with Crippen LogP contribution in [0.1, 0.15) is 25.1 Å². The third kappa shape index (κ3) is 6.65. The summed E-state index contributed by atoms with van der Waals surface area (Å²) in [5.41, 5.74) is 2.54. The van der Waals surface area contributed by atoms with Crippen molar-refractivity contribution in [1.29, 1.82) is 0 Å². The molecule has 174 valence electrons. The van der Waals surface area contributed by atoms with E-state index in [1.165, 1.54) is 12.1 Å². The first-order valence-electron chi connectivity index (χ1n) is 10.9. The van der Waals surface area contributed by atoms with Gasteiger partial charge in [-0.1, -0.05) is 24.1 Å². The number of nitrogens with zero attached hydrogens (tertiary/aromatic N) is 3. The number of aliphatic hydroxyl groups excluding tert-OH is 1. The van der Waals surface area contributed by atoms with E-state index in [9.17, 15) is 9.50 Å². The Bertz CT molecular complexity index is 1060. The average Bonchev–Trinajstić information content (AvgIpc) is 3.10. The summed E-state index contributed by atoms with van der Waals surface area (Å²) >= 11 is 0. The highest BCUT2D eigenvalue weighted by atomic mass is 19.1. The molecule has 1 atom stereocenters. The molecule has 1 N–H and O–H groups in total. The predicted octanol–water partition coefficient (Wildman–Crippen LogP) is 4.33. The summed E-state index contributed by atoms with van der Waals surface area (Å²) in [6, 6.07) is 15.7. The second kappa shape index (κ2) is 11.6. The van der Waals surface area contributed by atoms with Gasteiger partial charge in [0.2, 0.25) is 5.88 Å². The average molecular weight is 452 g/mol. The third-order valence-corrected chi connectivity index (χ3v) is 5.20. The Labute approximate surface area is 194 Å². The second-order valence-corrected chi connectivity index (χ2v) is 8.07. The molecule has 0 aliphatic heterocycles. The van der Waals surface area contributed by atoms with Crippen LogP contribution in [0.15, 0.2) is 54.6 Å². The number of terminal acetylenes is 1. The van der Waals surface area contributed by atoms with Crippen molar-refractivity contribution in [3.05, 3.63) is 71.7 Å². The monoisotopic (exact) mass is 451 g/mol. The van der Waals surface area contributed by atoms with E-state index in [4.69, 9.17) is 21.0 Å². The molecule has 0 unspecified atom stereocenters. The van der Waals surface area contributed by atoms with E-state index in [1.54, 1.807) is 16.8 Å². The van der Waals surface area contributed by atoms with Gasteiger partial charge in [0.15, 0.2) is 0 Å². The minimum Gasteiger partial charge on any atom is -0.439 e. The van der Waals surface area contributed by atoms with Crippen LogP contribution >= 0.6 is 0 Å². The molecule has 6 nitrogen and oxygen atoms in total. The lowest BCUT2D eigenvalue weighted by molar-refractivity contribution is 0.0190. The Morgan fingerprint density at radius 1 is 1.15 bits per heavy atom. The number of hydrogen-bond donors (Lipinski definition) is 1. The van der Waals surface area contributed by atoms with Crippen molar-refractivity contribution < 1.29 is 19.0 Å². The number of aromatic nitrogens is 2. The fourth-order valence-corrected chi connectivity index (χ4v) is 3.42. The summed E-state index contributed by atoms with van der Waals surface area (Å²) in [6.45, 7) is 7.27. The van der Waals surface area contributed by atoms with Crippen LogP contribution in [0.25, 0.3) is 5.69 Å². The molecular weight excluding hydrogens is 421 g/mol. The Morgan fingerprint density at radius 2 is 1.85 bits per heavy atom. The van der Waals surface area contributed by atoms with Gasteiger partial charge in [0.25, 0.3) is 0 Å². The number of aliphatic hydroxyl groups is 1. The number of benzene rings is 2. The van der Waals surface area contributed by atoms with Gasteiger partial charge in [0.05, 0.1) is 29.7 Å². The maximum atomic E-state index is 13.4. The van der Waals surface area contributed by atoms with E-state index in [0.29, 0.717) is 24.7 Å². The molecule has 3 aromatic rings. The first-order valence-corrected chi connectivity index (χ1v) is 10.9. The molecule has 0 bridgehead atoms. The van der Waals surface area contributed by atoms with Crippen LogP contribution in [0.2, 0.25) is 0 Å². The number of rotatable bonds is 11. The largest absolute Gasteiger partial charge is 0.439 e. The van der Waals surface area contributed by atoms with Crippen molar-refractivity contribution in [1.82, 2.24) is 14.7 Å². The molecule has 33 heavy (non-hydrogen) atoms. The Morgan fingerprint density at radius 3 is 2.48 bits per heavy atom. The highest BCUT2D eigenvalue weighted by molar-refractivity contribution is 5.43. The lowest BCUT2D eigenvalue weighted by Crippen LogP contribution is -2.39. The van der Waals surface area contributed by atoms with Gasteiger partial charge in [0.1, 0.15) is 18.2 Å². The van der Waals surface area contributed by atoms with E-state index in [2.05, 4.69) is 24.7 Å². The molecule has 0 amide bonds. The molecular formula is C26H30FN3O3. The van der Waals surface area contributed by atoms with Crippen molar-refractivity contribution >= 4 is 0 Å². The summed E-state index contributed by atoms with van der Waals surface area (Å²) < 4.78 is 26.7. The molecule has 0 radical (unpaired) electrons. The topological polar surface area (TPSA) is 59.8 Å². The SMILES string of the molecule is C#CCOC[C@@H](O)CN(Cc1c(C)nn(-c2ccccc2)c1Oc1ccc(F)cc1)C(C)C. The number of hydrogen-bond acceptors (Lipinski definition) is 5. The number of halogens is 1. The van der Waals surface area contributed by atoms with Gasteiger partial charge < -0.3 is 14.6 Å². The molecule has 0 spiro atoms. The van der Waals surface area contributed by atoms with Crippen LogP contribution in [0.3, 0.4) is 0 Å². The molecule has 1 heterocycles. The molecule has 0 aliphatic carbocycles. The van der Waals surface area contributed by atoms with Crippen LogP contribution < -0.4 is 4.74 Å². The Balaban J connectivity index is 1.93. The minimum atomic E-state index is -0.688. The minimum absolute atomic E-state index is 0.144. The third-order valence-electron chi connectivity index (χ3n) is 5.20. The maximum absolute atomic E-state index is 13.4. The van der Waals surface area contributed by atoms with Gasteiger partial charge >= 0.3 is 0 Å². The van der Waals surface area contributed by atoms with Gasteiger partial charge in [-0.25, -0.2) is 9.07 Å². The zero-order valence-corrected chi connectivity index (χ0v) is 19.2. The Hall–Kier alpha value is -3.18. The van der Waals surface area contributed by atoms with Crippen LogP contribution in [-0.2, 0) is 11.3 Å².